The number of hydrogen-bond acceptors (Lipinski definition) is 1. The van der Waals surface area contributed by atoms with Crippen LogP contribution in [-0.2, 0) is 6.18 Å². The predicted molar refractivity (Wildman–Crippen MR) is 66.3 cm³/mol. The standard InChI is InChI=1S/C13H8ClF4N/c14-10-6-7(8-3-1-2-4-11(8)15)5-9(12(10)19)13(16,17)18/h1-6H,19H2. The van der Waals surface area contributed by atoms with E-state index in [2.05, 4.69) is 0 Å². The van der Waals surface area contributed by atoms with Crippen LogP contribution in [0.15, 0.2) is 36.4 Å². The first-order valence-electron chi connectivity index (χ1n) is 5.22. The largest absolute Gasteiger partial charge is 0.418 e. The highest BCUT2D eigenvalue weighted by Gasteiger charge is 2.34. The summed E-state index contributed by atoms with van der Waals surface area (Å²) in [5.41, 5.74) is 3.75. The summed E-state index contributed by atoms with van der Waals surface area (Å²) in [6.07, 6.45) is -4.64. The molecule has 0 unspecified atom stereocenters. The molecule has 0 aliphatic rings. The van der Waals surface area contributed by atoms with Crippen LogP contribution in [0.25, 0.3) is 11.1 Å². The summed E-state index contributed by atoms with van der Waals surface area (Å²) in [5, 5.41) is -0.256. The number of halogens is 5. The Kier molecular flexibility index (Phi) is 3.41. The Labute approximate surface area is 111 Å². The van der Waals surface area contributed by atoms with Crippen molar-refractivity contribution >= 4 is 17.3 Å². The summed E-state index contributed by atoms with van der Waals surface area (Å²) < 4.78 is 52.0. The number of anilines is 1. The molecule has 0 radical (unpaired) electrons. The molecule has 2 aromatic carbocycles. The molecule has 0 atom stereocenters. The Bertz CT molecular complexity index is 623. The predicted octanol–water partition coefficient (Wildman–Crippen LogP) is 4.75. The van der Waals surface area contributed by atoms with Gasteiger partial charge in [-0.2, -0.15) is 13.2 Å². The molecule has 2 aromatic rings. The summed E-state index contributed by atoms with van der Waals surface area (Å²) in [7, 11) is 0. The first kappa shape index (κ1) is 13.7. The van der Waals surface area contributed by atoms with Crippen molar-refractivity contribution < 1.29 is 17.6 Å². The van der Waals surface area contributed by atoms with Gasteiger partial charge in [-0.25, -0.2) is 4.39 Å². The molecule has 0 saturated carbocycles. The summed E-state index contributed by atoms with van der Waals surface area (Å²) >= 11 is 5.68. The van der Waals surface area contributed by atoms with E-state index in [0.29, 0.717) is 0 Å². The van der Waals surface area contributed by atoms with Crippen molar-refractivity contribution in [3.05, 3.63) is 52.8 Å². The lowest BCUT2D eigenvalue weighted by atomic mass is 10.0. The molecule has 0 fully saturated rings. The number of nitrogens with two attached hydrogens (primary N) is 1. The molecular formula is C13H8ClF4N. The monoisotopic (exact) mass is 289 g/mol. The Morgan fingerprint density at radius 2 is 1.68 bits per heavy atom. The normalized spacial score (nSPS) is 11.6. The minimum absolute atomic E-state index is 0.0321. The lowest BCUT2D eigenvalue weighted by molar-refractivity contribution is -0.136. The van der Waals surface area contributed by atoms with Crippen LogP contribution in [0.3, 0.4) is 0 Å². The van der Waals surface area contributed by atoms with Gasteiger partial charge in [0, 0.05) is 5.56 Å². The zero-order valence-electron chi connectivity index (χ0n) is 9.43. The topological polar surface area (TPSA) is 26.0 Å². The van der Waals surface area contributed by atoms with Crippen LogP contribution in [-0.4, -0.2) is 0 Å². The van der Waals surface area contributed by atoms with Gasteiger partial charge in [-0.05, 0) is 23.8 Å². The van der Waals surface area contributed by atoms with Gasteiger partial charge in [0.25, 0.3) is 0 Å². The summed E-state index contributed by atoms with van der Waals surface area (Å²) in [4.78, 5) is 0. The zero-order valence-corrected chi connectivity index (χ0v) is 10.2. The van der Waals surface area contributed by atoms with E-state index in [1.54, 1.807) is 0 Å². The van der Waals surface area contributed by atoms with E-state index in [0.717, 1.165) is 12.1 Å². The van der Waals surface area contributed by atoms with E-state index in [1.165, 1.54) is 24.3 Å². The average molecular weight is 290 g/mol. The van der Waals surface area contributed by atoms with Crippen LogP contribution in [0.2, 0.25) is 5.02 Å². The van der Waals surface area contributed by atoms with Crippen LogP contribution in [0, 0.1) is 5.82 Å². The van der Waals surface area contributed by atoms with E-state index in [9.17, 15) is 17.6 Å². The average Bonchev–Trinajstić information content (AvgIpc) is 2.31. The lowest BCUT2D eigenvalue weighted by Crippen LogP contribution is -2.09. The fourth-order valence-corrected chi connectivity index (χ4v) is 1.92. The third kappa shape index (κ3) is 2.66. The van der Waals surface area contributed by atoms with Crippen LogP contribution in [0.4, 0.5) is 23.2 Å². The Morgan fingerprint density at radius 3 is 2.26 bits per heavy atom. The second-order valence-corrected chi connectivity index (χ2v) is 4.30. The fraction of sp³-hybridized carbons (Fsp3) is 0.0769. The summed E-state index contributed by atoms with van der Waals surface area (Å²) in [6.45, 7) is 0. The third-order valence-electron chi connectivity index (χ3n) is 2.62. The molecule has 6 heteroatoms. The molecule has 100 valence electrons. The first-order valence-corrected chi connectivity index (χ1v) is 5.59. The van der Waals surface area contributed by atoms with Crippen molar-refractivity contribution in [1.82, 2.24) is 0 Å². The molecule has 19 heavy (non-hydrogen) atoms. The molecule has 0 heterocycles. The van der Waals surface area contributed by atoms with Crippen molar-refractivity contribution in [3.8, 4) is 11.1 Å². The maximum absolute atomic E-state index is 13.6. The van der Waals surface area contributed by atoms with Gasteiger partial charge in [-0.3, -0.25) is 0 Å². The molecule has 0 saturated heterocycles. The minimum atomic E-state index is -4.64. The quantitative estimate of drug-likeness (QED) is 0.595. The van der Waals surface area contributed by atoms with E-state index >= 15 is 0 Å². The van der Waals surface area contributed by atoms with Gasteiger partial charge in [0.05, 0.1) is 16.3 Å². The van der Waals surface area contributed by atoms with Crippen molar-refractivity contribution in [2.24, 2.45) is 0 Å². The van der Waals surface area contributed by atoms with Crippen LogP contribution >= 0.6 is 11.6 Å². The smallest absolute Gasteiger partial charge is 0.397 e. The van der Waals surface area contributed by atoms with Crippen molar-refractivity contribution in [3.63, 3.8) is 0 Å². The fourth-order valence-electron chi connectivity index (χ4n) is 1.70. The van der Waals surface area contributed by atoms with Gasteiger partial charge >= 0.3 is 6.18 Å². The van der Waals surface area contributed by atoms with Crippen molar-refractivity contribution in [2.75, 3.05) is 5.73 Å². The second kappa shape index (κ2) is 4.74. The second-order valence-electron chi connectivity index (χ2n) is 3.90. The third-order valence-corrected chi connectivity index (χ3v) is 2.93. The van der Waals surface area contributed by atoms with Crippen LogP contribution < -0.4 is 5.73 Å². The zero-order chi connectivity index (χ0) is 14.2. The highest BCUT2D eigenvalue weighted by molar-refractivity contribution is 6.33. The Hall–Kier alpha value is -1.75. The van der Waals surface area contributed by atoms with E-state index in [1.807, 2.05) is 0 Å². The maximum atomic E-state index is 13.6. The van der Waals surface area contributed by atoms with E-state index in [4.69, 9.17) is 17.3 Å². The van der Waals surface area contributed by atoms with E-state index < -0.39 is 23.2 Å². The highest BCUT2D eigenvalue weighted by Crippen LogP contribution is 2.40. The molecule has 2 N–H and O–H groups in total. The molecule has 0 aromatic heterocycles. The summed E-state index contributed by atoms with van der Waals surface area (Å²) in [5.74, 6) is -0.628. The molecule has 0 bridgehead atoms. The number of nitrogen functional groups attached to an aromatic ring is 1. The van der Waals surface area contributed by atoms with Crippen molar-refractivity contribution in [2.45, 2.75) is 6.18 Å². The SMILES string of the molecule is Nc1c(Cl)cc(-c2ccccc2F)cc1C(F)(F)F. The van der Waals surface area contributed by atoms with Crippen molar-refractivity contribution in [1.29, 1.82) is 0 Å². The van der Waals surface area contributed by atoms with E-state index in [-0.39, 0.29) is 16.1 Å². The maximum Gasteiger partial charge on any atom is 0.418 e. The lowest BCUT2D eigenvalue weighted by Gasteiger charge is -2.14. The number of alkyl halides is 3. The van der Waals surface area contributed by atoms with Gasteiger partial charge in [0.1, 0.15) is 5.82 Å². The Morgan fingerprint density at radius 1 is 1.05 bits per heavy atom. The van der Waals surface area contributed by atoms with Crippen LogP contribution in [0.5, 0.6) is 0 Å². The van der Waals surface area contributed by atoms with Gasteiger partial charge in [0.15, 0.2) is 0 Å². The van der Waals surface area contributed by atoms with Gasteiger partial charge in [0.2, 0.25) is 0 Å². The first-order chi connectivity index (χ1) is 8.80. The molecule has 0 aliphatic carbocycles. The molecular weight excluding hydrogens is 282 g/mol. The summed E-state index contributed by atoms with van der Waals surface area (Å²) in [6, 6.07) is 7.51. The number of benzene rings is 2. The molecule has 0 amide bonds. The number of hydrogen-bond donors (Lipinski definition) is 1. The molecule has 0 spiro atoms. The molecule has 1 nitrogen and oxygen atoms in total. The van der Waals surface area contributed by atoms with Gasteiger partial charge < -0.3 is 5.73 Å². The van der Waals surface area contributed by atoms with Gasteiger partial charge in [-0.1, -0.05) is 29.8 Å². The number of rotatable bonds is 1. The van der Waals surface area contributed by atoms with Gasteiger partial charge in [-0.15, -0.1) is 0 Å². The Balaban J connectivity index is 2.68. The molecule has 2 rings (SSSR count). The highest BCUT2D eigenvalue weighted by atomic mass is 35.5. The molecule has 0 aliphatic heterocycles. The minimum Gasteiger partial charge on any atom is -0.397 e. The van der Waals surface area contributed by atoms with Crippen LogP contribution in [0.1, 0.15) is 5.56 Å².